The summed E-state index contributed by atoms with van der Waals surface area (Å²) in [5, 5.41) is 0. The van der Waals surface area contributed by atoms with E-state index in [9.17, 15) is 4.79 Å². The Balaban J connectivity index is 1.84. The summed E-state index contributed by atoms with van der Waals surface area (Å²) in [5.74, 6) is 0.765. The van der Waals surface area contributed by atoms with Crippen molar-refractivity contribution in [3.8, 4) is 5.75 Å². The molecule has 5 nitrogen and oxygen atoms in total. The number of aromatic nitrogens is 1. The molecule has 1 atom stereocenters. The zero-order valence-electron chi connectivity index (χ0n) is 15.8. The number of rotatable bonds is 8. The highest BCUT2D eigenvalue weighted by molar-refractivity contribution is 5.94. The van der Waals surface area contributed by atoms with Crippen LogP contribution in [0, 0.1) is 0 Å². The van der Waals surface area contributed by atoms with E-state index in [1.54, 1.807) is 19.5 Å². The molecule has 2 aromatic rings. The Morgan fingerprint density at radius 1 is 1.37 bits per heavy atom. The van der Waals surface area contributed by atoms with Gasteiger partial charge in [-0.25, -0.2) is 0 Å². The molecule has 3 rings (SSSR count). The first-order valence-corrected chi connectivity index (χ1v) is 9.29. The van der Waals surface area contributed by atoms with Gasteiger partial charge >= 0.3 is 0 Å². The van der Waals surface area contributed by atoms with Gasteiger partial charge in [0.25, 0.3) is 5.91 Å². The first kappa shape index (κ1) is 19.1. The lowest BCUT2D eigenvalue weighted by atomic mass is 10.0. The number of amides is 1. The number of hydrogen-bond acceptors (Lipinski definition) is 4. The van der Waals surface area contributed by atoms with Crippen LogP contribution < -0.4 is 4.74 Å². The normalized spacial score (nSPS) is 16.1. The molecule has 0 spiro atoms. The number of ether oxygens (including phenoxy) is 2. The molecule has 1 fully saturated rings. The van der Waals surface area contributed by atoms with E-state index in [4.69, 9.17) is 9.47 Å². The summed E-state index contributed by atoms with van der Waals surface area (Å²) in [6, 6.07) is 9.45. The van der Waals surface area contributed by atoms with Crippen molar-refractivity contribution in [2.45, 2.75) is 31.9 Å². The van der Waals surface area contributed by atoms with Gasteiger partial charge < -0.3 is 14.4 Å². The highest BCUT2D eigenvalue weighted by atomic mass is 16.5. The summed E-state index contributed by atoms with van der Waals surface area (Å²) < 4.78 is 11.2. The summed E-state index contributed by atoms with van der Waals surface area (Å²) in [6.45, 7) is 5.68. The molecule has 0 radical (unpaired) electrons. The van der Waals surface area contributed by atoms with Crippen molar-refractivity contribution in [3.63, 3.8) is 0 Å². The van der Waals surface area contributed by atoms with Crippen molar-refractivity contribution >= 4 is 5.91 Å². The van der Waals surface area contributed by atoms with Crippen LogP contribution in [0.5, 0.6) is 5.75 Å². The van der Waals surface area contributed by atoms with Crippen LogP contribution in [-0.4, -0.2) is 42.2 Å². The minimum atomic E-state index is -0.00437. The van der Waals surface area contributed by atoms with E-state index in [0.29, 0.717) is 25.1 Å². The molecule has 2 heterocycles. The molecule has 1 aliphatic heterocycles. The van der Waals surface area contributed by atoms with Crippen molar-refractivity contribution in [2.24, 2.45) is 0 Å². The molecule has 5 heteroatoms. The zero-order chi connectivity index (χ0) is 19.1. The van der Waals surface area contributed by atoms with Crippen LogP contribution in [0.4, 0.5) is 0 Å². The lowest BCUT2D eigenvalue weighted by Crippen LogP contribution is -2.37. The Kier molecular flexibility index (Phi) is 6.60. The molecule has 1 saturated heterocycles. The molecule has 1 aromatic heterocycles. The minimum Gasteiger partial charge on any atom is -0.496 e. The summed E-state index contributed by atoms with van der Waals surface area (Å²) in [7, 11) is 1.64. The third-order valence-corrected chi connectivity index (χ3v) is 4.75. The van der Waals surface area contributed by atoms with Crippen molar-refractivity contribution in [3.05, 3.63) is 72.1 Å². The molecule has 1 aliphatic rings. The summed E-state index contributed by atoms with van der Waals surface area (Å²) in [6.07, 6.45) is 8.10. The van der Waals surface area contributed by atoms with E-state index in [0.717, 1.165) is 36.3 Å². The van der Waals surface area contributed by atoms with E-state index in [2.05, 4.69) is 11.6 Å². The number of carbonyl (C=O) groups excluding carboxylic acids is 1. The van der Waals surface area contributed by atoms with Crippen molar-refractivity contribution < 1.29 is 14.3 Å². The first-order valence-electron chi connectivity index (χ1n) is 9.29. The van der Waals surface area contributed by atoms with Crippen LogP contribution in [0.2, 0.25) is 0 Å². The first-order chi connectivity index (χ1) is 13.2. The molecule has 27 heavy (non-hydrogen) atoms. The van der Waals surface area contributed by atoms with Crippen molar-refractivity contribution in [1.82, 2.24) is 9.88 Å². The van der Waals surface area contributed by atoms with Gasteiger partial charge in [-0.15, -0.1) is 6.58 Å². The van der Waals surface area contributed by atoms with Crippen molar-refractivity contribution in [1.29, 1.82) is 0 Å². The van der Waals surface area contributed by atoms with Gasteiger partial charge in [0.15, 0.2) is 0 Å². The average Bonchev–Trinajstić information content (AvgIpc) is 3.21. The highest BCUT2D eigenvalue weighted by Gasteiger charge is 2.24. The molecule has 142 valence electrons. The molecule has 1 unspecified atom stereocenters. The van der Waals surface area contributed by atoms with Gasteiger partial charge in [0, 0.05) is 37.7 Å². The number of pyridine rings is 1. The molecule has 1 aromatic carbocycles. The van der Waals surface area contributed by atoms with Gasteiger partial charge in [0.2, 0.25) is 0 Å². The zero-order valence-corrected chi connectivity index (χ0v) is 15.8. The second kappa shape index (κ2) is 9.33. The fourth-order valence-electron chi connectivity index (χ4n) is 3.37. The number of nitrogens with zero attached hydrogens (tertiary/aromatic N) is 2. The quantitative estimate of drug-likeness (QED) is 0.670. The van der Waals surface area contributed by atoms with E-state index in [-0.39, 0.29) is 12.0 Å². The molecule has 1 amide bonds. The SMILES string of the molecule is C=CCc1cc(C(=O)N(Cc2ccncc2)CC2CCCO2)ccc1OC. The van der Waals surface area contributed by atoms with Gasteiger partial charge in [-0.3, -0.25) is 9.78 Å². The molecule has 0 N–H and O–H groups in total. The third-order valence-electron chi connectivity index (χ3n) is 4.75. The number of allylic oxidation sites excluding steroid dienone is 1. The number of hydrogen-bond donors (Lipinski definition) is 0. The summed E-state index contributed by atoms with van der Waals surface area (Å²) in [4.78, 5) is 19.2. The van der Waals surface area contributed by atoms with Gasteiger partial charge in [-0.1, -0.05) is 6.08 Å². The van der Waals surface area contributed by atoms with Crippen LogP contribution in [-0.2, 0) is 17.7 Å². The molecular weight excluding hydrogens is 340 g/mol. The highest BCUT2D eigenvalue weighted by Crippen LogP contribution is 2.23. The van der Waals surface area contributed by atoms with Crippen molar-refractivity contribution in [2.75, 3.05) is 20.3 Å². The summed E-state index contributed by atoms with van der Waals surface area (Å²) in [5.41, 5.74) is 2.66. The van der Waals surface area contributed by atoms with Crippen LogP contribution in [0.15, 0.2) is 55.4 Å². The molecule has 0 aliphatic carbocycles. The minimum absolute atomic E-state index is 0.00437. The average molecular weight is 366 g/mol. The lowest BCUT2D eigenvalue weighted by Gasteiger charge is -2.26. The smallest absolute Gasteiger partial charge is 0.254 e. The predicted octanol–water partition coefficient (Wildman–Crippen LogP) is 3.64. The van der Waals surface area contributed by atoms with Gasteiger partial charge in [-0.2, -0.15) is 0 Å². The Labute approximate surface area is 160 Å². The van der Waals surface area contributed by atoms with Crippen LogP contribution >= 0.6 is 0 Å². The van der Waals surface area contributed by atoms with Gasteiger partial charge in [-0.05, 0) is 60.7 Å². The van der Waals surface area contributed by atoms with Crippen LogP contribution in [0.1, 0.15) is 34.3 Å². The molecular formula is C22H26N2O3. The molecule has 0 saturated carbocycles. The standard InChI is InChI=1S/C22H26N2O3/c1-3-5-18-14-19(7-8-21(18)26-2)22(25)24(16-20-6-4-13-27-20)15-17-9-11-23-12-10-17/h3,7-12,14,20H,1,4-6,13,15-16H2,2H3. The fourth-order valence-corrected chi connectivity index (χ4v) is 3.37. The monoisotopic (exact) mass is 366 g/mol. The largest absolute Gasteiger partial charge is 0.496 e. The number of carbonyl (C=O) groups is 1. The Hall–Kier alpha value is -2.66. The second-order valence-corrected chi connectivity index (χ2v) is 6.70. The maximum atomic E-state index is 13.3. The second-order valence-electron chi connectivity index (χ2n) is 6.70. The third kappa shape index (κ3) is 4.95. The lowest BCUT2D eigenvalue weighted by molar-refractivity contribution is 0.0507. The fraction of sp³-hybridized carbons (Fsp3) is 0.364. The van der Waals surface area contributed by atoms with E-state index in [1.807, 2.05) is 41.3 Å². The van der Waals surface area contributed by atoms with E-state index in [1.165, 1.54) is 0 Å². The number of methoxy groups -OCH3 is 1. The van der Waals surface area contributed by atoms with Crippen LogP contribution in [0.25, 0.3) is 0 Å². The Bertz CT molecular complexity index is 770. The Morgan fingerprint density at radius 2 is 2.19 bits per heavy atom. The number of benzene rings is 1. The topological polar surface area (TPSA) is 51.7 Å². The summed E-state index contributed by atoms with van der Waals surface area (Å²) >= 11 is 0. The van der Waals surface area contributed by atoms with Gasteiger partial charge in [0.05, 0.1) is 13.2 Å². The van der Waals surface area contributed by atoms with E-state index >= 15 is 0 Å². The van der Waals surface area contributed by atoms with Crippen LogP contribution in [0.3, 0.4) is 0 Å². The predicted molar refractivity (Wildman–Crippen MR) is 105 cm³/mol. The molecule has 0 bridgehead atoms. The Morgan fingerprint density at radius 3 is 2.85 bits per heavy atom. The van der Waals surface area contributed by atoms with E-state index < -0.39 is 0 Å². The van der Waals surface area contributed by atoms with Gasteiger partial charge in [0.1, 0.15) is 5.75 Å². The maximum absolute atomic E-state index is 13.3. The maximum Gasteiger partial charge on any atom is 0.254 e.